The second-order valence-electron chi connectivity index (χ2n) is 4.75. The molecule has 1 heterocycles. The average molecular weight is 213 g/mol. The van der Waals surface area contributed by atoms with Crippen molar-refractivity contribution in [2.24, 2.45) is 5.92 Å². The molecule has 0 radical (unpaired) electrons. The summed E-state index contributed by atoms with van der Waals surface area (Å²) in [7, 11) is 1.66. The van der Waals surface area contributed by atoms with E-state index in [9.17, 15) is 4.79 Å². The van der Waals surface area contributed by atoms with Crippen molar-refractivity contribution in [2.75, 3.05) is 7.11 Å². The van der Waals surface area contributed by atoms with Gasteiger partial charge in [-0.3, -0.25) is 4.79 Å². The van der Waals surface area contributed by atoms with Crippen molar-refractivity contribution in [3.8, 4) is 0 Å². The van der Waals surface area contributed by atoms with E-state index in [1.165, 1.54) is 0 Å². The van der Waals surface area contributed by atoms with Crippen LogP contribution >= 0.6 is 0 Å². The minimum absolute atomic E-state index is 0.00231. The molecule has 1 aliphatic rings. The number of likely N-dealkylation sites (tertiary alicyclic amines) is 1. The second-order valence-corrected chi connectivity index (χ2v) is 4.75. The van der Waals surface area contributed by atoms with Crippen LogP contribution in [0.25, 0.3) is 0 Å². The van der Waals surface area contributed by atoms with Gasteiger partial charge >= 0.3 is 0 Å². The third-order valence-electron chi connectivity index (χ3n) is 3.67. The number of amides is 1. The molecule has 1 aliphatic heterocycles. The zero-order valence-electron chi connectivity index (χ0n) is 10.5. The quantitative estimate of drug-likeness (QED) is 0.718. The number of ether oxygens (including phenoxy) is 1. The lowest BCUT2D eigenvalue weighted by Crippen LogP contribution is -2.44. The standard InChI is InChI=1S/C12H23NO2/c1-8-6-7-9(2)13(8)12(14)10(3)11(4)15-5/h8-11H,6-7H2,1-5H3/t8-,9?,10+,11?/m1/s1. The SMILES string of the molecule is COC(C)[C@H](C)C(=O)N1C(C)CC[C@H]1C. The van der Waals surface area contributed by atoms with E-state index in [1.807, 2.05) is 18.7 Å². The van der Waals surface area contributed by atoms with Crippen LogP contribution < -0.4 is 0 Å². The van der Waals surface area contributed by atoms with Crippen molar-refractivity contribution in [1.29, 1.82) is 0 Å². The predicted molar refractivity (Wildman–Crippen MR) is 60.6 cm³/mol. The highest BCUT2D eigenvalue weighted by Crippen LogP contribution is 2.26. The molecule has 0 aromatic heterocycles. The molecule has 0 aromatic rings. The van der Waals surface area contributed by atoms with Gasteiger partial charge in [-0.1, -0.05) is 6.92 Å². The molecule has 1 rings (SSSR count). The summed E-state index contributed by atoms with van der Waals surface area (Å²) >= 11 is 0. The molecule has 1 amide bonds. The van der Waals surface area contributed by atoms with Gasteiger partial charge in [0.1, 0.15) is 0 Å². The molecule has 1 fully saturated rings. The number of rotatable bonds is 3. The van der Waals surface area contributed by atoms with E-state index in [1.54, 1.807) is 7.11 Å². The molecule has 3 nitrogen and oxygen atoms in total. The van der Waals surface area contributed by atoms with Crippen LogP contribution in [0.15, 0.2) is 0 Å². The molecule has 88 valence electrons. The van der Waals surface area contributed by atoms with Crippen LogP contribution in [0.2, 0.25) is 0 Å². The van der Waals surface area contributed by atoms with Crippen LogP contribution in [-0.4, -0.2) is 36.1 Å². The maximum Gasteiger partial charge on any atom is 0.228 e. The predicted octanol–water partition coefficient (Wildman–Crippen LogP) is 2.06. The van der Waals surface area contributed by atoms with Gasteiger partial charge in [-0.05, 0) is 33.6 Å². The molecule has 0 bridgehead atoms. The first kappa shape index (κ1) is 12.5. The number of carbonyl (C=O) groups is 1. The summed E-state index contributed by atoms with van der Waals surface area (Å²) in [6, 6.07) is 0.776. The summed E-state index contributed by atoms with van der Waals surface area (Å²) in [5, 5.41) is 0. The van der Waals surface area contributed by atoms with E-state index in [0.717, 1.165) is 12.8 Å². The van der Waals surface area contributed by atoms with Crippen LogP contribution in [-0.2, 0) is 9.53 Å². The lowest BCUT2D eigenvalue weighted by Gasteiger charge is -2.31. The van der Waals surface area contributed by atoms with Crippen molar-refractivity contribution >= 4 is 5.91 Å². The molecular weight excluding hydrogens is 190 g/mol. The molecule has 15 heavy (non-hydrogen) atoms. The van der Waals surface area contributed by atoms with E-state index in [-0.39, 0.29) is 17.9 Å². The fourth-order valence-corrected chi connectivity index (χ4v) is 2.27. The third-order valence-corrected chi connectivity index (χ3v) is 3.67. The van der Waals surface area contributed by atoms with E-state index in [4.69, 9.17) is 4.74 Å². The van der Waals surface area contributed by atoms with E-state index < -0.39 is 0 Å². The first-order valence-corrected chi connectivity index (χ1v) is 5.84. The average Bonchev–Trinajstić information content (AvgIpc) is 2.55. The zero-order valence-corrected chi connectivity index (χ0v) is 10.5. The maximum atomic E-state index is 12.2. The number of hydrogen-bond acceptors (Lipinski definition) is 2. The van der Waals surface area contributed by atoms with Gasteiger partial charge in [0.15, 0.2) is 0 Å². The molecule has 0 spiro atoms. The van der Waals surface area contributed by atoms with Crippen LogP contribution in [0.1, 0.15) is 40.5 Å². The van der Waals surface area contributed by atoms with Crippen LogP contribution in [0.4, 0.5) is 0 Å². The largest absolute Gasteiger partial charge is 0.381 e. The van der Waals surface area contributed by atoms with Gasteiger partial charge in [0.25, 0.3) is 0 Å². The van der Waals surface area contributed by atoms with E-state index in [2.05, 4.69) is 13.8 Å². The number of carbonyl (C=O) groups excluding carboxylic acids is 1. The van der Waals surface area contributed by atoms with Crippen molar-refractivity contribution < 1.29 is 9.53 Å². The molecule has 0 saturated carbocycles. The molecule has 2 unspecified atom stereocenters. The Hall–Kier alpha value is -0.570. The summed E-state index contributed by atoms with van der Waals surface area (Å²) in [4.78, 5) is 14.2. The Morgan fingerprint density at radius 2 is 1.73 bits per heavy atom. The number of hydrogen-bond donors (Lipinski definition) is 0. The second kappa shape index (κ2) is 4.97. The highest BCUT2D eigenvalue weighted by atomic mass is 16.5. The van der Waals surface area contributed by atoms with Gasteiger partial charge in [-0.15, -0.1) is 0 Å². The van der Waals surface area contributed by atoms with Gasteiger partial charge in [0, 0.05) is 19.2 Å². The smallest absolute Gasteiger partial charge is 0.228 e. The monoisotopic (exact) mass is 213 g/mol. The fourth-order valence-electron chi connectivity index (χ4n) is 2.27. The summed E-state index contributed by atoms with van der Waals surface area (Å²) in [6.45, 7) is 8.17. The molecule has 3 heteroatoms. The molecule has 0 N–H and O–H groups in total. The van der Waals surface area contributed by atoms with Crippen molar-refractivity contribution in [2.45, 2.75) is 58.7 Å². The first-order chi connectivity index (χ1) is 6.99. The summed E-state index contributed by atoms with van der Waals surface area (Å²) in [6.07, 6.45) is 2.25. The molecular formula is C12H23NO2. The third kappa shape index (κ3) is 2.51. The summed E-state index contributed by atoms with van der Waals surface area (Å²) < 4.78 is 5.22. The number of nitrogens with zero attached hydrogens (tertiary/aromatic N) is 1. The van der Waals surface area contributed by atoms with Gasteiger partial charge in [-0.25, -0.2) is 0 Å². The van der Waals surface area contributed by atoms with Gasteiger partial charge in [-0.2, -0.15) is 0 Å². The number of methoxy groups -OCH3 is 1. The summed E-state index contributed by atoms with van der Waals surface area (Å²) in [5.74, 6) is 0.194. The van der Waals surface area contributed by atoms with Crippen LogP contribution in [0, 0.1) is 5.92 Å². The van der Waals surface area contributed by atoms with E-state index >= 15 is 0 Å². The minimum atomic E-state index is -0.0435. The molecule has 4 atom stereocenters. The Bertz CT molecular complexity index is 220. The molecule has 1 saturated heterocycles. The molecule has 0 aromatic carbocycles. The van der Waals surface area contributed by atoms with Crippen LogP contribution in [0.3, 0.4) is 0 Å². The van der Waals surface area contributed by atoms with Gasteiger partial charge in [0.2, 0.25) is 5.91 Å². The zero-order chi connectivity index (χ0) is 11.6. The van der Waals surface area contributed by atoms with Gasteiger partial charge < -0.3 is 9.64 Å². The Labute approximate surface area is 92.8 Å². The normalized spacial score (nSPS) is 30.3. The maximum absolute atomic E-state index is 12.2. The van der Waals surface area contributed by atoms with E-state index in [0.29, 0.717) is 12.1 Å². The lowest BCUT2D eigenvalue weighted by molar-refractivity contribution is -0.141. The lowest BCUT2D eigenvalue weighted by atomic mass is 10.0. The Kier molecular flexibility index (Phi) is 4.14. The fraction of sp³-hybridized carbons (Fsp3) is 0.917. The van der Waals surface area contributed by atoms with Crippen molar-refractivity contribution in [1.82, 2.24) is 4.90 Å². The first-order valence-electron chi connectivity index (χ1n) is 5.84. The Balaban J connectivity index is 2.66. The highest BCUT2D eigenvalue weighted by Gasteiger charge is 2.35. The van der Waals surface area contributed by atoms with Gasteiger partial charge in [0.05, 0.1) is 12.0 Å². The van der Waals surface area contributed by atoms with Crippen LogP contribution in [0.5, 0.6) is 0 Å². The highest BCUT2D eigenvalue weighted by molar-refractivity contribution is 5.80. The summed E-state index contributed by atoms with van der Waals surface area (Å²) in [5.41, 5.74) is 0. The van der Waals surface area contributed by atoms with Crippen molar-refractivity contribution in [3.63, 3.8) is 0 Å². The topological polar surface area (TPSA) is 29.5 Å². The molecule has 0 aliphatic carbocycles. The van der Waals surface area contributed by atoms with Crippen molar-refractivity contribution in [3.05, 3.63) is 0 Å². The Morgan fingerprint density at radius 1 is 1.27 bits per heavy atom. The minimum Gasteiger partial charge on any atom is -0.381 e. The Morgan fingerprint density at radius 3 is 2.13 bits per heavy atom.